The van der Waals surface area contributed by atoms with E-state index in [1.54, 1.807) is 18.2 Å². The third-order valence-corrected chi connectivity index (χ3v) is 9.71. The molecule has 7 rings (SSSR count). The van der Waals surface area contributed by atoms with Crippen LogP contribution in [0.4, 0.5) is 13.9 Å². The van der Waals surface area contributed by atoms with E-state index in [9.17, 15) is 19.1 Å². The van der Waals surface area contributed by atoms with Gasteiger partial charge in [-0.3, -0.25) is 0 Å². The molecular weight excluding hydrogens is 599 g/mol. The molecule has 2 aromatic heterocycles. The van der Waals surface area contributed by atoms with Gasteiger partial charge in [0.25, 0.3) is 0 Å². The van der Waals surface area contributed by atoms with Crippen molar-refractivity contribution < 1.29 is 32.7 Å². The van der Waals surface area contributed by atoms with Crippen molar-refractivity contribution in [3.63, 3.8) is 0 Å². The van der Waals surface area contributed by atoms with Crippen LogP contribution in [0.2, 0.25) is 10.0 Å². The van der Waals surface area contributed by atoms with E-state index in [-0.39, 0.29) is 68.6 Å². The molecule has 212 valence electrons. The first-order valence-corrected chi connectivity index (χ1v) is 14.7. The number of ether oxygens (including phenoxy) is 1. The molecule has 4 aromatic rings. The zero-order valence-electron chi connectivity index (χ0n) is 21.2. The average molecular weight is 620 g/mol. The summed E-state index contributed by atoms with van der Waals surface area (Å²) in [5.74, 6) is -2.82. The molecule has 13 heteroatoms. The number of hydrogen-bond acceptors (Lipinski definition) is 8. The van der Waals surface area contributed by atoms with Crippen LogP contribution in [0.15, 0.2) is 34.9 Å². The maximum atomic E-state index is 15.2. The Labute approximate surface area is 245 Å². The Kier molecular flexibility index (Phi) is 6.26. The quantitative estimate of drug-likeness (QED) is 0.222. The number of thiazole rings is 1. The number of hydrogen-bond donors (Lipinski definition) is 1. The summed E-state index contributed by atoms with van der Waals surface area (Å²) in [5, 5.41) is 14.4. The van der Waals surface area contributed by atoms with Crippen LogP contribution in [0.25, 0.3) is 21.5 Å². The van der Waals surface area contributed by atoms with Crippen LogP contribution < -0.4 is 4.90 Å². The Hall–Kier alpha value is -3.28. The van der Waals surface area contributed by atoms with Gasteiger partial charge in [0.15, 0.2) is 22.4 Å². The number of carbonyl (C=O) groups is 2. The van der Waals surface area contributed by atoms with Crippen molar-refractivity contribution in [1.29, 1.82) is 0 Å². The molecule has 1 unspecified atom stereocenters. The minimum absolute atomic E-state index is 0.0236. The number of benzene rings is 2. The fourth-order valence-corrected chi connectivity index (χ4v) is 7.71. The predicted octanol–water partition coefficient (Wildman–Crippen LogP) is 7.41. The van der Waals surface area contributed by atoms with Gasteiger partial charge in [-0.2, -0.15) is 0 Å². The molecule has 0 radical (unpaired) electrons. The van der Waals surface area contributed by atoms with Crippen LogP contribution in [-0.2, 0) is 10.4 Å². The second-order valence-electron chi connectivity index (χ2n) is 10.7. The van der Waals surface area contributed by atoms with Crippen molar-refractivity contribution in [2.45, 2.75) is 62.4 Å². The second kappa shape index (κ2) is 9.64. The van der Waals surface area contributed by atoms with Crippen LogP contribution in [0, 0.1) is 5.82 Å². The van der Waals surface area contributed by atoms with Crippen LogP contribution >= 0.6 is 34.5 Å². The standard InChI is InChI=1S/C28H21Cl2F2N3O5S/c29-16-2-1-3-17(30)20(16)23-21(24(40-34-23)28(32)6-7-28)26(38)39-15-10-13-4-5-14(11-15)35(13)27-33-22-18(31)8-12(25(36)37)9-19(22)41-27/h1-3,8-9,13-15H,4-7,10-11H2,(H,36,37)/t13-,14?,15+/m0/s1. The molecule has 0 amide bonds. The number of piperidine rings is 1. The molecule has 2 aliphatic heterocycles. The molecule has 3 aliphatic rings. The maximum Gasteiger partial charge on any atom is 0.344 e. The SMILES string of the molecule is O=C(O)c1cc(F)c2nc(N3C4CC[C@H]3C[C@@H](OC(=O)c3c(-c5c(Cl)cccc5Cl)noc3C3(F)CC3)C4)sc2c1. The molecular formula is C28H21Cl2F2N3O5S. The summed E-state index contributed by atoms with van der Waals surface area (Å²) in [4.78, 5) is 31.6. The first-order chi connectivity index (χ1) is 19.6. The monoisotopic (exact) mass is 619 g/mol. The van der Waals surface area contributed by atoms with Crippen molar-refractivity contribution in [3.8, 4) is 11.3 Å². The van der Waals surface area contributed by atoms with Crippen LogP contribution in [0.5, 0.6) is 0 Å². The second-order valence-corrected chi connectivity index (χ2v) is 12.5. The van der Waals surface area contributed by atoms with E-state index in [1.807, 2.05) is 0 Å². The molecule has 4 heterocycles. The Morgan fingerprint density at radius 3 is 2.46 bits per heavy atom. The summed E-state index contributed by atoms with van der Waals surface area (Å²) < 4.78 is 41.6. The fraction of sp³-hybridized carbons (Fsp3) is 0.357. The Morgan fingerprint density at radius 2 is 1.83 bits per heavy atom. The van der Waals surface area contributed by atoms with E-state index in [0.717, 1.165) is 18.9 Å². The number of carboxylic acid groups (broad SMARTS) is 1. The maximum absolute atomic E-state index is 15.2. The van der Waals surface area contributed by atoms with Gasteiger partial charge in [-0.05, 0) is 49.9 Å². The number of carbonyl (C=O) groups excluding carboxylic acids is 1. The summed E-state index contributed by atoms with van der Waals surface area (Å²) in [7, 11) is 0. The lowest BCUT2D eigenvalue weighted by molar-refractivity contribution is 0.0198. The Bertz CT molecular complexity index is 1700. The number of esters is 1. The van der Waals surface area contributed by atoms with E-state index in [1.165, 1.54) is 17.4 Å². The Balaban J connectivity index is 1.15. The minimum Gasteiger partial charge on any atom is -0.478 e. The van der Waals surface area contributed by atoms with Gasteiger partial charge in [0.2, 0.25) is 0 Å². The van der Waals surface area contributed by atoms with Crippen molar-refractivity contribution >= 4 is 61.8 Å². The van der Waals surface area contributed by atoms with Gasteiger partial charge in [0.05, 0.1) is 20.3 Å². The Morgan fingerprint density at radius 1 is 1.15 bits per heavy atom. The van der Waals surface area contributed by atoms with Gasteiger partial charge in [-0.1, -0.05) is 45.8 Å². The minimum atomic E-state index is -1.79. The number of fused-ring (bicyclic) bond motifs is 3. The molecule has 0 spiro atoms. The lowest BCUT2D eigenvalue weighted by Crippen LogP contribution is -2.46. The third kappa shape index (κ3) is 4.45. The van der Waals surface area contributed by atoms with Crippen LogP contribution in [-0.4, -0.2) is 45.4 Å². The molecule has 1 N–H and O–H groups in total. The van der Waals surface area contributed by atoms with Gasteiger partial charge >= 0.3 is 11.9 Å². The number of rotatable bonds is 6. The van der Waals surface area contributed by atoms with E-state index in [2.05, 4.69) is 15.0 Å². The molecule has 3 atom stereocenters. The predicted molar refractivity (Wildman–Crippen MR) is 148 cm³/mol. The van der Waals surface area contributed by atoms with E-state index in [0.29, 0.717) is 22.7 Å². The molecule has 1 aliphatic carbocycles. The van der Waals surface area contributed by atoms with Crippen molar-refractivity contribution in [3.05, 3.63) is 63.1 Å². The summed E-state index contributed by atoms with van der Waals surface area (Å²) in [5.41, 5.74) is -1.59. The number of aromatic nitrogens is 2. The highest BCUT2D eigenvalue weighted by atomic mass is 35.5. The van der Waals surface area contributed by atoms with Gasteiger partial charge in [0, 0.05) is 30.5 Å². The third-order valence-electron chi connectivity index (χ3n) is 8.06. The van der Waals surface area contributed by atoms with Crippen LogP contribution in [0.1, 0.15) is 65.0 Å². The van der Waals surface area contributed by atoms with E-state index >= 15 is 4.39 Å². The fourth-order valence-electron chi connectivity index (χ4n) is 5.97. The normalized spacial score (nSPS) is 22.7. The summed E-state index contributed by atoms with van der Waals surface area (Å²) in [6.07, 6.45) is 2.58. The zero-order chi connectivity index (χ0) is 28.6. The lowest BCUT2D eigenvalue weighted by atomic mass is 9.99. The first-order valence-electron chi connectivity index (χ1n) is 13.1. The van der Waals surface area contributed by atoms with E-state index < -0.39 is 29.5 Å². The topological polar surface area (TPSA) is 106 Å². The van der Waals surface area contributed by atoms with Gasteiger partial charge in [-0.15, -0.1) is 0 Å². The molecule has 2 saturated heterocycles. The molecule has 41 heavy (non-hydrogen) atoms. The van der Waals surface area contributed by atoms with Gasteiger partial charge in [0.1, 0.15) is 22.9 Å². The number of anilines is 1. The number of aromatic carboxylic acids is 1. The van der Waals surface area contributed by atoms with E-state index in [4.69, 9.17) is 32.5 Å². The average Bonchev–Trinajstić information content (AvgIpc) is 3.23. The van der Waals surface area contributed by atoms with Crippen molar-refractivity contribution in [1.82, 2.24) is 10.1 Å². The summed E-state index contributed by atoms with van der Waals surface area (Å²) in [6, 6.07) is 7.19. The van der Waals surface area contributed by atoms with Crippen LogP contribution in [0.3, 0.4) is 0 Å². The molecule has 3 fully saturated rings. The summed E-state index contributed by atoms with van der Waals surface area (Å²) >= 11 is 14.0. The molecule has 1 saturated carbocycles. The van der Waals surface area contributed by atoms with Gasteiger partial charge < -0.3 is 19.3 Å². The summed E-state index contributed by atoms with van der Waals surface area (Å²) in [6.45, 7) is 0. The molecule has 2 bridgehead atoms. The molecule has 2 aromatic carbocycles. The van der Waals surface area contributed by atoms with Crippen molar-refractivity contribution in [2.75, 3.05) is 4.90 Å². The van der Waals surface area contributed by atoms with Crippen molar-refractivity contribution in [2.24, 2.45) is 0 Å². The smallest absolute Gasteiger partial charge is 0.344 e. The highest BCUT2D eigenvalue weighted by Gasteiger charge is 2.53. The highest BCUT2D eigenvalue weighted by Crippen LogP contribution is 2.53. The highest BCUT2D eigenvalue weighted by molar-refractivity contribution is 7.22. The number of nitrogens with zero attached hydrogens (tertiary/aromatic N) is 3. The largest absolute Gasteiger partial charge is 0.478 e. The lowest BCUT2D eigenvalue weighted by Gasteiger charge is -2.38. The number of carboxylic acids is 1. The first kappa shape index (κ1) is 26.6. The zero-order valence-corrected chi connectivity index (χ0v) is 23.5. The number of halogens is 4. The van der Waals surface area contributed by atoms with Gasteiger partial charge in [-0.25, -0.2) is 23.4 Å². The molecule has 8 nitrogen and oxygen atoms in total. The number of alkyl halides is 1.